The Hall–Kier alpha value is -2.39. The molecule has 3 heterocycles. The van der Waals surface area contributed by atoms with Crippen LogP contribution in [0.1, 0.15) is 34.8 Å². The van der Waals surface area contributed by atoms with Gasteiger partial charge in [-0.2, -0.15) is 5.26 Å². The molecule has 1 aliphatic rings. The van der Waals surface area contributed by atoms with E-state index in [4.69, 9.17) is 21.4 Å². The van der Waals surface area contributed by atoms with E-state index < -0.39 is 37.3 Å². The Kier molecular flexibility index (Phi) is 6.00. The van der Waals surface area contributed by atoms with E-state index in [1.165, 1.54) is 17.8 Å². The Morgan fingerprint density at radius 1 is 1.31 bits per heavy atom. The number of aliphatic hydroxyl groups is 4. The number of furan rings is 1. The van der Waals surface area contributed by atoms with Crippen LogP contribution in [0.25, 0.3) is 11.3 Å². The maximum atomic E-state index is 12.5. The van der Waals surface area contributed by atoms with E-state index >= 15 is 0 Å². The van der Waals surface area contributed by atoms with Gasteiger partial charge in [0, 0.05) is 11.3 Å². The number of carbonyl (C=O) groups excluding carboxylic acids is 1. The number of pyridine rings is 1. The number of hydrogen-bond donors (Lipinski definition) is 4. The topological polar surface area (TPSA) is 149 Å². The zero-order chi connectivity index (χ0) is 21.5. The van der Waals surface area contributed by atoms with Crippen LogP contribution in [0.5, 0.6) is 0 Å². The van der Waals surface area contributed by atoms with Crippen LogP contribution in [-0.4, -0.2) is 61.8 Å². The molecule has 0 aliphatic carbocycles. The van der Waals surface area contributed by atoms with Gasteiger partial charge in [-0.1, -0.05) is 12.2 Å². The summed E-state index contributed by atoms with van der Waals surface area (Å²) in [6, 6.07) is 5.18. The molecular weight excluding hydrogens is 400 g/mol. The number of Topliss-reactive ketones (excluding diaryl/α,β-unsaturated/α-hetero) is 1. The van der Waals surface area contributed by atoms with Crippen molar-refractivity contribution in [3.63, 3.8) is 0 Å². The van der Waals surface area contributed by atoms with Crippen molar-refractivity contribution in [1.82, 2.24) is 4.57 Å². The maximum absolute atomic E-state index is 12.5. The van der Waals surface area contributed by atoms with Crippen molar-refractivity contribution in [2.24, 2.45) is 0 Å². The van der Waals surface area contributed by atoms with Crippen molar-refractivity contribution in [2.45, 2.75) is 44.5 Å². The highest BCUT2D eigenvalue weighted by atomic mass is 32.1. The molecule has 1 fully saturated rings. The lowest BCUT2D eigenvalue weighted by Gasteiger charge is -2.41. The molecule has 9 nitrogen and oxygen atoms in total. The second kappa shape index (κ2) is 8.16. The summed E-state index contributed by atoms with van der Waals surface area (Å²) in [6.45, 7) is 2.25. The lowest BCUT2D eigenvalue weighted by Crippen LogP contribution is -2.56. The van der Waals surface area contributed by atoms with Gasteiger partial charge in [-0.3, -0.25) is 4.79 Å². The Morgan fingerprint density at radius 3 is 2.52 bits per heavy atom. The molecule has 3 rings (SSSR count). The standard InChI is InChI=1S/C19H20N2O7S/c1-8-13(9(2)23)14(11-4-3-5-27-11)10(6-20)19(29)21(8)18-17(26)16(25)15(24)12(7-22)28-18/h3-5,12,15-18,22,24-26H,7H2,1-2H3/t12-,15+,16+,17+,18+/m0/s1. The normalized spacial score (nSPS) is 26.9. The van der Waals surface area contributed by atoms with Gasteiger partial charge in [0.2, 0.25) is 0 Å². The van der Waals surface area contributed by atoms with E-state index in [9.17, 15) is 30.5 Å². The van der Waals surface area contributed by atoms with Gasteiger partial charge < -0.3 is 34.1 Å². The first-order valence-electron chi connectivity index (χ1n) is 8.79. The summed E-state index contributed by atoms with van der Waals surface area (Å²) >= 11 is 5.45. The molecule has 0 aromatic carbocycles. The lowest BCUT2D eigenvalue weighted by molar-refractivity contribution is -0.252. The molecule has 5 atom stereocenters. The van der Waals surface area contributed by atoms with Crippen molar-refractivity contribution >= 4 is 18.0 Å². The van der Waals surface area contributed by atoms with Crippen LogP contribution in [0.2, 0.25) is 0 Å². The molecule has 0 bridgehead atoms. The van der Waals surface area contributed by atoms with Crippen molar-refractivity contribution in [1.29, 1.82) is 5.26 Å². The van der Waals surface area contributed by atoms with Gasteiger partial charge in [0.25, 0.3) is 0 Å². The van der Waals surface area contributed by atoms with Crippen LogP contribution in [-0.2, 0) is 4.74 Å². The fourth-order valence-corrected chi connectivity index (χ4v) is 4.00. The van der Waals surface area contributed by atoms with Crippen molar-refractivity contribution in [3.8, 4) is 17.4 Å². The van der Waals surface area contributed by atoms with Crippen LogP contribution in [0.15, 0.2) is 22.8 Å². The van der Waals surface area contributed by atoms with E-state index in [0.29, 0.717) is 0 Å². The number of ether oxygens (including phenoxy) is 1. The summed E-state index contributed by atoms with van der Waals surface area (Å²) in [6.07, 6.45) is -5.92. The molecular formula is C19H20N2O7S. The Bertz CT molecular complexity index is 1020. The second-order valence-electron chi connectivity index (χ2n) is 6.75. The Labute approximate surface area is 171 Å². The number of nitriles is 1. The van der Waals surface area contributed by atoms with Gasteiger partial charge in [0.15, 0.2) is 12.0 Å². The highest BCUT2D eigenvalue weighted by Gasteiger charge is 2.45. The largest absolute Gasteiger partial charge is 0.464 e. The van der Waals surface area contributed by atoms with E-state index in [0.717, 1.165) is 0 Å². The number of rotatable bonds is 4. The lowest BCUT2D eigenvalue weighted by atomic mass is 9.94. The van der Waals surface area contributed by atoms with Gasteiger partial charge in [0.05, 0.1) is 24.0 Å². The summed E-state index contributed by atoms with van der Waals surface area (Å²) in [5.74, 6) is -0.0966. The first kappa shape index (κ1) is 21.3. The SMILES string of the molecule is CC(=O)c1c(-c2ccco2)c(C#N)c(=S)n([C@@H]2O[C@@H](CO)[C@@H](O)[C@@H](O)[C@H]2O)c1C. The molecule has 0 saturated carbocycles. The van der Waals surface area contributed by atoms with Gasteiger partial charge in [-0.25, -0.2) is 0 Å². The van der Waals surface area contributed by atoms with E-state index in [2.05, 4.69) is 0 Å². The minimum absolute atomic E-state index is 0.0392. The average molecular weight is 420 g/mol. The summed E-state index contributed by atoms with van der Waals surface area (Å²) in [4.78, 5) is 12.5. The van der Waals surface area contributed by atoms with Gasteiger partial charge in [-0.05, 0) is 26.0 Å². The fraction of sp³-hybridized carbons (Fsp3) is 0.421. The third-order valence-electron chi connectivity index (χ3n) is 5.01. The molecule has 2 aromatic heterocycles. The molecule has 1 saturated heterocycles. The summed E-state index contributed by atoms with van der Waals surface area (Å²) < 4.78 is 12.2. The van der Waals surface area contributed by atoms with E-state index in [1.54, 1.807) is 19.1 Å². The smallest absolute Gasteiger partial charge is 0.164 e. The van der Waals surface area contributed by atoms with Crippen LogP contribution in [0.4, 0.5) is 0 Å². The molecule has 2 aromatic rings. The number of ketones is 1. The van der Waals surface area contributed by atoms with Crippen molar-refractivity contribution in [3.05, 3.63) is 39.9 Å². The highest BCUT2D eigenvalue weighted by molar-refractivity contribution is 7.71. The van der Waals surface area contributed by atoms with E-state index in [1.807, 2.05) is 6.07 Å². The first-order valence-corrected chi connectivity index (χ1v) is 9.19. The first-order chi connectivity index (χ1) is 13.7. The number of nitrogens with zero attached hydrogens (tertiary/aromatic N) is 2. The highest BCUT2D eigenvalue weighted by Crippen LogP contribution is 2.36. The average Bonchev–Trinajstić information content (AvgIpc) is 3.21. The molecule has 154 valence electrons. The minimum atomic E-state index is -1.64. The zero-order valence-electron chi connectivity index (χ0n) is 15.6. The monoisotopic (exact) mass is 420 g/mol. The van der Waals surface area contributed by atoms with Crippen LogP contribution < -0.4 is 0 Å². The predicted molar refractivity (Wildman–Crippen MR) is 101 cm³/mol. The minimum Gasteiger partial charge on any atom is -0.464 e. The molecule has 10 heteroatoms. The maximum Gasteiger partial charge on any atom is 0.164 e. The molecule has 1 aliphatic heterocycles. The number of aromatic nitrogens is 1. The quantitative estimate of drug-likeness (QED) is 0.417. The van der Waals surface area contributed by atoms with Crippen LogP contribution in [0, 0.1) is 22.9 Å². The zero-order valence-corrected chi connectivity index (χ0v) is 16.5. The fourth-order valence-electron chi connectivity index (χ4n) is 3.61. The summed E-state index contributed by atoms with van der Waals surface area (Å²) in [5, 5.41) is 49.9. The number of aliphatic hydroxyl groups excluding tert-OH is 4. The van der Waals surface area contributed by atoms with Crippen molar-refractivity contribution < 1.29 is 34.4 Å². The molecule has 0 spiro atoms. The molecule has 0 unspecified atom stereocenters. The number of carbonyl (C=O) groups is 1. The molecule has 4 N–H and O–H groups in total. The second-order valence-corrected chi connectivity index (χ2v) is 7.14. The molecule has 29 heavy (non-hydrogen) atoms. The van der Waals surface area contributed by atoms with Gasteiger partial charge in [0.1, 0.15) is 40.9 Å². The third kappa shape index (κ3) is 3.42. The van der Waals surface area contributed by atoms with E-state index in [-0.39, 0.29) is 38.6 Å². The van der Waals surface area contributed by atoms with Crippen molar-refractivity contribution in [2.75, 3.05) is 6.61 Å². The van der Waals surface area contributed by atoms with Gasteiger partial charge >= 0.3 is 0 Å². The van der Waals surface area contributed by atoms with Crippen LogP contribution >= 0.6 is 12.2 Å². The summed E-state index contributed by atoms with van der Waals surface area (Å²) in [7, 11) is 0. The predicted octanol–water partition coefficient (Wildman–Crippen LogP) is 0.833. The van der Waals surface area contributed by atoms with Gasteiger partial charge in [-0.15, -0.1) is 0 Å². The number of hydrogen-bond acceptors (Lipinski definition) is 9. The third-order valence-corrected chi connectivity index (χ3v) is 5.41. The molecule has 0 amide bonds. The Morgan fingerprint density at radius 2 is 2.00 bits per heavy atom. The van der Waals surface area contributed by atoms with Crippen LogP contribution in [0.3, 0.4) is 0 Å². The summed E-state index contributed by atoms with van der Waals surface area (Å²) in [5.41, 5.74) is 0.607. The Balaban J connectivity index is 2.32. The molecule has 0 radical (unpaired) electrons.